The molecule has 1 aromatic carbocycles. The van der Waals surface area contributed by atoms with Crippen molar-refractivity contribution in [2.45, 2.75) is 25.6 Å². The van der Waals surface area contributed by atoms with Crippen LogP contribution in [0.3, 0.4) is 0 Å². The van der Waals surface area contributed by atoms with Crippen molar-refractivity contribution in [1.82, 2.24) is 0 Å². The van der Waals surface area contributed by atoms with E-state index in [1.165, 1.54) is 0 Å². The van der Waals surface area contributed by atoms with Gasteiger partial charge in [-0.2, -0.15) is 13.2 Å². The summed E-state index contributed by atoms with van der Waals surface area (Å²) >= 11 is 5.96. The van der Waals surface area contributed by atoms with E-state index in [1.807, 2.05) is 0 Å². The minimum Gasteiger partial charge on any atom is -0.492 e. The number of hydrogen-bond acceptors (Lipinski definition) is 3. The Kier molecular flexibility index (Phi) is 6.58. The van der Waals surface area contributed by atoms with Gasteiger partial charge in [0.2, 0.25) is 0 Å². The molecule has 0 spiro atoms. The third-order valence-electron chi connectivity index (χ3n) is 2.39. The van der Waals surface area contributed by atoms with Gasteiger partial charge >= 0.3 is 6.18 Å². The Morgan fingerprint density at radius 1 is 1.30 bits per heavy atom. The van der Waals surface area contributed by atoms with Gasteiger partial charge in [0.15, 0.2) is 0 Å². The molecule has 1 unspecified atom stereocenters. The summed E-state index contributed by atoms with van der Waals surface area (Å²) in [7, 11) is 0. The summed E-state index contributed by atoms with van der Waals surface area (Å²) in [5, 5.41) is 9.72. The van der Waals surface area contributed by atoms with Gasteiger partial charge in [-0.1, -0.05) is 17.7 Å². The number of aliphatic hydroxyl groups excluding tert-OH is 1. The Hall–Kier alpha value is -0.980. The van der Waals surface area contributed by atoms with Crippen LogP contribution in [0.4, 0.5) is 13.2 Å². The first kappa shape index (κ1) is 17.1. The van der Waals surface area contributed by atoms with Crippen molar-refractivity contribution >= 4 is 11.6 Å². The second-order valence-electron chi connectivity index (χ2n) is 4.24. The minimum absolute atomic E-state index is 0.0388. The predicted octanol–water partition coefficient (Wildman–Crippen LogP) is 3.74. The molecule has 0 heterocycles. The van der Waals surface area contributed by atoms with Crippen LogP contribution in [-0.4, -0.2) is 31.1 Å². The second kappa shape index (κ2) is 7.71. The van der Waals surface area contributed by atoms with Crippen LogP contribution >= 0.6 is 11.6 Å². The van der Waals surface area contributed by atoms with Gasteiger partial charge in [0.25, 0.3) is 0 Å². The summed E-state index contributed by atoms with van der Waals surface area (Å²) in [6.45, 7) is 0.523. The van der Waals surface area contributed by atoms with E-state index in [2.05, 4.69) is 4.74 Å². The monoisotopic (exact) mass is 312 g/mol. The van der Waals surface area contributed by atoms with Gasteiger partial charge < -0.3 is 14.6 Å². The molecule has 1 rings (SSSR count). The Morgan fingerprint density at radius 2 is 2.00 bits per heavy atom. The first-order valence-corrected chi connectivity index (χ1v) is 6.42. The van der Waals surface area contributed by atoms with Gasteiger partial charge in [0.1, 0.15) is 12.4 Å². The van der Waals surface area contributed by atoms with E-state index in [4.69, 9.17) is 16.3 Å². The van der Waals surface area contributed by atoms with Crippen LogP contribution in [0.2, 0.25) is 5.02 Å². The molecule has 1 N–H and O–H groups in total. The van der Waals surface area contributed by atoms with E-state index in [1.54, 1.807) is 25.1 Å². The van der Waals surface area contributed by atoms with Crippen molar-refractivity contribution in [3.8, 4) is 5.75 Å². The largest absolute Gasteiger partial charge is 0.492 e. The van der Waals surface area contributed by atoms with Gasteiger partial charge in [-0.05, 0) is 24.6 Å². The summed E-state index contributed by atoms with van der Waals surface area (Å²) in [4.78, 5) is 0. The molecule has 1 aromatic rings. The number of halogens is 4. The van der Waals surface area contributed by atoms with E-state index in [-0.39, 0.29) is 13.2 Å². The molecule has 0 radical (unpaired) electrons. The highest BCUT2D eigenvalue weighted by Crippen LogP contribution is 2.27. The lowest BCUT2D eigenvalue weighted by Gasteiger charge is -2.11. The fourth-order valence-electron chi connectivity index (χ4n) is 1.43. The van der Waals surface area contributed by atoms with E-state index in [0.717, 1.165) is 0 Å². The van der Waals surface area contributed by atoms with Crippen LogP contribution in [0.1, 0.15) is 25.0 Å². The predicted molar refractivity (Wildman–Crippen MR) is 69.1 cm³/mol. The molecule has 0 fully saturated rings. The normalized spacial score (nSPS) is 13.3. The van der Waals surface area contributed by atoms with Gasteiger partial charge in [-0.25, -0.2) is 0 Å². The summed E-state index contributed by atoms with van der Waals surface area (Å²) in [5.74, 6) is 0.423. The van der Waals surface area contributed by atoms with Gasteiger partial charge in [0.05, 0.1) is 24.3 Å². The number of benzene rings is 1. The van der Waals surface area contributed by atoms with Crippen LogP contribution in [0.15, 0.2) is 18.2 Å². The molecule has 0 saturated heterocycles. The zero-order chi connectivity index (χ0) is 15.2. The van der Waals surface area contributed by atoms with Crippen LogP contribution in [0.25, 0.3) is 0 Å². The SMILES string of the molecule is CC(O)c1ccc(OCCCOCC(F)(F)F)c(Cl)c1. The lowest BCUT2D eigenvalue weighted by atomic mass is 10.1. The molecule has 20 heavy (non-hydrogen) atoms. The smallest absolute Gasteiger partial charge is 0.411 e. The van der Waals surface area contributed by atoms with Crippen molar-refractivity contribution in [3.63, 3.8) is 0 Å². The van der Waals surface area contributed by atoms with Crippen molar-refractivity contribution in [2.75, 3.05) is 19.8 Å². The first-order valence-electron chi connectivity index (χ1n) is 6.04. The topological polar surface area (TPSA) is 38.7 Å². The molecular formula is C13H16ClF3O3. The van der Waals surface area contributed by atoms with Crippen LogP contribution in [0, 0.1) is 0 Å². The molecule has 3 nitrogen and oxygen atoms in total. The molecular weight excluding hydrogens is 297 g/mol. The Balaban J connectivity index is 2.29. The second-order valence-corrected chi connectivity index (χ2v) is 4.64. The average Bonchev–Trinajstić information content (AvgIpc) is 2.33. The summed E-state index contributed by atoms with van der Waals surface area (Å²) in [6, 6.07) is 4.87. The zero-order valence-electron chi connectivity index (χ0n) is 10.9. The molecule has 0 aliphatic carbocycles. The summed E-state index contributed by atoms with van der Waals surface area (Å²) < 4.78 is 45.1. The lowest BCUT2D eigenvalue weighted by Crippen LogP contribution is -2.18. The number of aliphatic hydroxyl groups is 1. The van der Waals surface area contributed by atoms with Crippen molar-refractivity contribution in [2.24, 2.45) is 0 Å². The molecule has 114 valence electrons. The highest BCUT2D eigenvalue weighted by atomic mass is 35.5. The van der Waals surface area contributed by atoms with Crippen molar-refractivity contribution in [1.29, 1.82) is 0 Å². The van der Waals surface area contributed by atoms with Crippen molar-refractivity contribution in [3.05, 3.63) is 28.8 Å². The fraction of sp³-hybridized carbons (Fsp3) is 0.538. The zero-order valence-corrected chi connectivity index (χ0v) is 11.7. The molecule has 0 aliphatic rings. The summed E-state index contributed by atoms with van der Waals surface area (Å²) in [5.41, 5.74) is 0.663. The molecule has 7 heteroatoms. The third kappa shape index (κ3) is 6.45. The van der Waals surface area contributed by atoms with Gasteiger partial charge in [0, 0.05) is 6.42 Å². The van der Waals surface area contributed by atoms with E-state index < -0.39 is 18.9 Å². The standard InChI is InChI=1S/C13H16ClF3O3/c1-9(18)10-3-4-12(11(14)7-10)20-6-2-5-19-8-13(15,16)17/h3-4,7,9,18H,2,5-6,8H2,1H3. The number of rotatable bonds is 7. The molecule has 1 atom stereocenters. The minimum atomic E-state index is -4.30. The molecule has 0 amide bonds. The molecule has 0 aromatic heterocycles. The molecule has 0 saturated carbocycles. The maximum absolute atomic E-state index is 11.8. The van der Waals surface area contributed by atoms with E-state index >= 15 is 0 Å². The Labute approximate surface area is 120 Å². The van der Waals surface area contributed by atoms with E-state index in [0.29, 0.717) is 22.8 Å². The van der Waals surface area contributed by atoms with Crippen molar-refractivity contribution < 1.29 is 27.8 Å². The van der Waals surface area contributed by atoms with Gasteiger partial charge in [-0.3, -0.25) is 0 Å². The lowest BCUT2D eigenvalue weighted by molar-refractivity contribution is -0.174. The van der Waals surface area contributed by atoms with Crippen LogP contribution in [0.5, 0.6) is 5.75 Å². The Morgan fingerprint density at radius 3 is 2.55 bits per heavy atom. The molecule has 0 aliphatic heterocycles. The average molecular weight is 313 g/mol. The highest BCUT2D eigenvalue weighted by Gasteiger charge is 2.27. The number of hydrogen-bond donors (Lipinski definition) is 1. The maximum Gasteiger partial charge on any atom is 0.411 e. The quantitative estimate of drug-likeness (QED) is 0.780. The van der Waals surface area contributed by atoms with Crippen LogP contribution in [-0.2, 0) is 4.74 Å². The maximum atomic E-state index is 11.8. The fourth-order valence-corrected chi connectivity index (χ4v) is 1.67. The van der Waals surface area contributed by atoms with E-state index in [9.17, 15) is 18.3 Å². The Bertz CT molecular complexity index is 422. The van der Waals surface area contributed by atoms with Crippen LogP contribution < -0.4 is 4.74 Å². The number of ether oxygens (including phenoxy) is 2. The first-order chi connectivity index (χ1) is 9.29. The van der Waals surface area contributed by atoms with Gasteiger partial charge in [-0.15, -0.1) is 0 Å². The molecule has 0 bridgehead atoms. The summed E-state index contributed by atoms with van der Waals surface area (Å²) in [6.07, 6.45) is -4.61. The number of alkyl halides is 3. The third-order valence-corrected chi connectivity index (χ3v) is 2.69. The highest BCUT2D eigenvalue weighted by molar-refractivity contribution is 6.32.